The third-order valence-corrected chi connectivity index (χ3v) is 4.69. The van der Waals surface area contributed by atoms with Gasteiger partial charge in [-0.15, -0.1) is 0 Å². The second-order valence-corrected chi connectivity index (χ2v) is 5.92. The predicted octanol–water partition coefficient (Wildman–Crippen LogP) is 1.01. The number of hydrogen-bond acceptors (Lipinski definition) is 4. The Kier molecular flexibility index (Phi) is 3.90. The zero-order chi connectivity index (χ0) is 16.4. The Balaban J connectivity index is 2.16. The molecule has 0 aromatic heterocycles. The zero-order valence-electron chi connectivity index (χ0n) is 12.6. The van der Waals surface area contributed by atoms with Crippen LogP contribution < -0.4 is 10.2 Å². The summed E-state index contributed by atoms with van der Waals surface area (Å²) in [6, 6.07) is 15.6. The SMILES string of the molecule is O=C([O-])CCC1(CCC(=O)[O-])c2ccccc2-c2ccccc21. The largest absolute Gasteiger partial charge is 0.550 e. The van der Waals surface area contributed by atoms with Gasteiger partial charge in [0.15, 0.2) is 0 Å². The van der Waals surface area contributed by atoms with E-state index in [0.717, 1.165) is 22.3 Å². The number of benzene rings is 2. The fourth-order valence-electron chi connectivity index (χ4n) is 3.71. The summed E-state index contributed by atoms with van der Waals surface area (Å²) in [5.74, 6) is -2.25. The fraction of sp³-hybridized carbons (Fsp3) is 0.263. The van der Waals surface area contributed by atoms with Crippen LogP contribution in [0.15, 0.2) is 48.5 Å². The first-order chi connectivity index (χ1) is 11.0. The van der Waals surface area contributed by atoms with Crippen LogP contribution in [-0.4, -0.2) is 11.9 Å². The van der Waals surface area contributed by atoms with Crippen LogP contribution in [-0.2, 0) is 15.0 Å². The van der Waals surface area contributed by atoms with Crippen LogP contribution in [0.2, 0.25) is 0 Å². The van der Waals surface area contributed by atoms with Crippen molar-refractivity contribution in [3.8, 4) is 11.1 Å². The number of fused-ring (bicyclic) bond motifs is 3. The molecule has 0 amide bonds. The van der Waals surface area contributed by atoms with Gasteiger partial charge in [0, 0.05) is 17.4 Å². The minimum atomic E-state index is -1.13. The molecule has 2 aromatic carbocycles. The highest BCUT2D eigenvalue weighted by Crippen LogP contribution is 2.53. The van der Waals surface area contributed by atoms with Crippen LogP contribution in [0.5, 0.6) is 0 Å². The molecule has 0 bridgehead atoms. The van der Waals surface area contributed by atoms with Gasteiger partial charge < -0.3 is 19.8 Å². The van der Waals surface area contributed by atoms with Crippen molar-refractivity contribution in [3.63, 3.8) is 0 Å². The van der Waals surface area contributed by atoms with Crippen LogP contribution in [0, 0.1) is 0 Å². The van der Waals surface area contributed by atoms with Gasteiger partial charge in [0.1, 0.15) is 0 Å². The van der Waals surface area contributed by atoms with E-state index in [1.807, 2.05) is 48.5 Å². The standard InChI is InChI=1S/C19H18O4/c20-17(21)9-11-19(12-10-18(22)23)15-7-3-1-5-13(15)14-6-2-4-8-16(14)19/h1-8H,9-12H2,(H,20,21)(H,22,23)/p-2. The molecule has 0 saturated heterocycles. The van der Waals surface area contributed by atoms with E-state index in [0.29, 0.717) is 12.8 Å². The second kappa shape index (κ2) is 5.88. The lowest BCUT2D eigenvalue weighted by atomic mass is 9.71. The molecule has 0 spiro atoms. The Morgan fingerprint density at radius 2 is 1.13 bits per heavy atom. The molecule has 0 atom stereocenters. The summed E-state index contributed by atoms with van der Waals surface area (Å²) in [5.41, 5.74) is 3.44. The molecule has 23 heavy (non-hydrogen) atoms. The van der Waals surface area contributed by atoms with E-state index in [2.05, 4.69) is 0 Å². The normalized spacial score (nSPS) is 14.1. The maximum absolute atomic E-state index is 11.0. The second-order valence-electron chi connectivity index (χ2n) is 5.92. The first-order valence-corrected chi connectivity index (χ1v) is 7.64. The molecule has 118 valence electrons. The number of carboxylic acid groups (broad SMARTS) is 2. The minimum absolute atomic E-state index is 0.115. The average molecular weight is 308 g/mol. The molecule has 4 nitrogen and oxygen atoms in total. The molecule has 4 heteroatoms. The summed E-state index contributed by atoms with van der Waals surface area (Å²) in [7, 11) is 0. The van der Waals surface area contributed by atoms with Crippen LogP contribution in [0.25, 0.3) is 11.1 Å². The van der Waals surface area contributed by atoms with Crippen molar-refractivity contribution in [2.24, 2.45) is 0 Å². The number of aliphatic carboxylic acids is 2. The summed E-state index contributed by atoms with van der Waals surface area (Å²) in [6.07, 6.45) is 0.402. The summed E-state index contributed by atoms with van der Waals surface area (Å²) >= 11 is 0. The van der Waals surface area contributed by atoms with Crippen molar-refractivity contribution < 1.29 is 19.8 Å². The summed E-state index contributed by atoms with van der Waals surface area (Å²) in [6.45, 7) is 0. The summed E-state index contributed by atoms with van der Waals surface area (Å²) in [4.78, 5) is 22.0. The highest BCUT2D eigenvalue weighted by Gasteiger charge is 2.41. The number of carboxylic acids is 2. The highest BCUT2D eigenvalue weighted by atomic mass is 16.4. The monoisotopic (exact) mass is 308 g/mol. The van der Waals surface area contributed by atoms with Crippen molar-refractivity contribution in [2.45, 2.75) is 31.1 Å². The van der Waals surface area contributed by atoms with Gasteiger partial charge in [-0.2, -0.15) is 0 Å². The fourth-order valence-corrected chi connectivity index (χ4v) is 3.71. The van der Waals surface area contributed by atoms with Gasteiger partial charge in [-0.3, -0.25) is 0 Å². The van der Waals surface area contributed by atoms with E-state index in [9.17, 15) is 19.8 Å². The van der Waals surface area contributed by atoms with Gasteiger partial charge in [-0.25, -0.2) is 0 Å². The molecule has 0 unspecified atom stereocenters. The van der Waals surface area contributed by atoms with E-state index in [-0.39, 0.29) is 12.8 Å². The van der Waals surface area contributed by atoms with Gasteiger partial charge in [0.25, 0.3) is 0 Å². The number of hydrogen-bond donors (Lipinski definition) is 0. The topological polar surface area (TPSA) is 80.3 Å². The molecule has 0 aliphatic heterocycles. The van der Waals surface area contributed by atoms with E-state index in [1.165, 1.54) is 0 Å². The average Bonchev–Trinajstić information content (AvgIpc) is 2.82. The van der Waals surface area contributed by atoms with Crippen LogP contribution in [0.4, 0.5) is 0 Å². The van der Waals surface area contributed by atoms with Gasteiger partial charge in [-0.1, -0.05) is 48.5 Å². The smallest absolute Gasteiger partial charge is 0.0414 e. The Hall–Kier alpha value is -2.62. The highest BCUT2D eigenvalue weighted by molar-refractivity contribution is 5.81. The van der Waals surface area contributed by atoms with Crippen molar-refractivity contribution in [1.29, 1.82) is 0 Å². The quantitative estimate of drug-likeness (QED) is 0.798. The molecular weight excluding hydrogens is 292 g/mol. The summed E-state index contributed by atoms with van der Waals surface area (Å²) < 4.78 is 0. The molecule has 1 aliphatic rings. The van der Waals surface area contributed by atoms with Crippen molar-refractivity contribution in [1.82, 2.24) is 0 Å². The zero-order valence-corrected chi connectivity index (χ0v) is 12.6. The lowest BCUT2D eigenvalue weighted by molar-refractivity contribution is -0.306. The first kappa shape index (κ1) is 15.3. The van der Waals surface area contributed by atoms with Gasteiger partial charge in [-0.05, 0) is 47.9 Å². The lowest BCUT2D eigenvalue weighted by Gasteiger charge is -2.33. The van der Waals surface area contributed by atoms with E-state index in [4.69, 9.17) is 0 Å². The van der Waals surface area contributed by atoms with E-state index >= 15 is 0 Å². The van der Waals surface area contributed by atoms with Gasteiger partial charge >= 0.3 is 0 Å². The van der Waals surface area contributed by atoms with Gasteiger partial charge in [0.2, 0.25) is 0 Å². The van der Waals surface area contributed by atoms with Crippen molar-refractivity contribution in [2.75, 3.05) is 0 Å². The molecule has 3 rings (SSSR count). The molecule has 0 N–H and O–H groups in total. The third kappa shape index (κ3) is 2.61. The van der Waals surface area contributed by atoms with E-state index < -0.39 is 17.4 Å². The van der Waals surface area contributed by atoms with Crippen molar-refractivity contribution >= 4 is 11.9 Å². The first-order valence-electron chi connectivity index (χ1n) is 7.64. The lowest BCUT2D eigenvalue weighted by Crippen LogP contribution is -2.32. The van der Waals surface area contributed by atoms with Crippen molar-refractivity contribution in [3.05, 3.63) is 59.7 Å². The maximum Gasteiger partial charge on any atom is 0.0414 e. The molecule has 0 radical (unpaired) electrons. The van der Waals surface area contributed by atoms with Gasteiger partial charge in [0.05, 0.1) is 0 Å². The summed E-state index contributed by atoms with van der Waals surface area (Å²) in [5, 5.41) is 22.0. The van der Waals surface area contributed by atoms with Crippen LogP contribution >= 0.6 is 0 Å². The Labute approximate surface area is 134 Å². The molecule has 0 heterocycles. The number of carbonyl (C=O) groups is 2. The predicted molar refractivity (Wildman–Crippen MR) is 81.1 cm³/mol. The van der Waals surface area contributed by atoms with Crippen LogP contribution in [0.3, 0.4) is 0 Å². The Morgan fingerprint density at radius 3 is 1.52 bits per heavy atom. The Morgan fingerprint density at radius 1 is 0.739 bits per heavy atom. The van der Waals surface area contributed by atoms with Crippen LogP contribution in [0.1, 0.15) is 36.8 Å². The molecular formula is C19H16O4-2. The maximum atomic E-state index is 11.0. The third-order valence-electron chi connectivity index (χ3n) is 4.69. The molecule has 0 fully saturated rings. The molecule has 0 saturated carbocycles. The number of carbonyl (C=O) groups excluding carboxylic acids is 2. The molecule has 1 aliphatic carbocycles. The van der Waals surface area contributed by atoms with E-state index in [1.54, 1.807) is 0 Å². The number of rotatable bonds is 6. The molecule has 2 aromatic rings. The Bertz CT molecular complexity index is 698. The minimum Gasteiger partial charge on any atom is -0.550 e.